The van der Waals surface area contributed by atoms with Crippen molar-refractivity contribution >= 4 is 26.5 Å². The quantitative estimate of drug-likeness (QED) is 0.784. The molecular weight excluding hydrogens is 302 g/mol. The fourth-order valence-corrected chi connectivity index (χ4v) is 3.66. The number of aromatic amines is 1. The van der Waals surface area contributed by atoms with Gasteiger partial charge in [-0.1, -0.05) is 36.4 Å². The number of nitrogens with one attached hydrogen (secondary N) is 1. The van der Waals surface area contributed by atoms with Crippen LogP contribution in [0.2, 0.25) is 0 Å². The van der Waals surface area contributed by atoms with Crippen LogP contribution in [0.3, 0.4) is 0 Å². The van der Waals surface area contributed by atoms with Crippen LogP contribution < -0.4 is 16.0 Å². The van der Waals surface area contributed by atoms with Gasteiger partial charge < -0.3 is 4.98 Å². The Morgan fingerprint density at radius 2 is 1.95 bits per heavy atom. The standard InChI is InChI=1S/C16H10BrNO/c17-14-10-6-2-3-7-11(10)15-13(14)9-5-1-4-8-12(9)16(19)18-15/h1-4,6-8H,5H2,(H,18,19). The molecule has 1 aromatic heterocycles. The number of H-pyrrole nitrogens is 1. The zero-order valence-electron chi connectivity index (χ0n) is 10.0. The van der Waals surface area contributed by atoms with Crippen molar-refractivity contribution in [1.29, 1.82) is 0 Å². The predicted octanol–water partition coefficient (Wildman–Crippen LogP) is 1.42. The zero-order chi connectivity index (χ0) is 13.0. The van der Waals surface area contributed by atoms with Crippen molar-refractivity contribution in [3.05, 3.63) is 78.9 Å². The van der Waals surface area contributed by atoms with Crippen LogP contribution in [0, 0.1) is 10.6 Å². The van der Waals surface area contributed by atoms with Gasteiger partial charge in [-0.2, -0.15) is 0 Å². The smallest absolute Gasteiger partial charge is 0.256 e. The van der Waals surface area contributed by atoms with Crippen molar-refractivity contribution in [2.45, 2.75) is 6.42 Å². The normalized spacial score (nSPS) is 14.7. The van der Waals surface area contributed by atoms with Crippen LogP contribution in [0.1, 0.15) is 11.1 Å². The van der Waals surface area contributed by atoms with E-state index in [0.29, 0.717) is 0 Å². The number of benzene rings is 1. The molecule has 4 rings (SSSR count). The number of hydrogen-bond donors (Lipinski definition) is 1. The first kappa shape index (κ1) is 11.0. The molecule has 2 aromatic rings. The largest absolute Gasteiger partial charge is 0.321 e. The summed E-state index contributed by atoms with van der Waals surface area (Å²) < 4.78 is 1.08. The minimum absolute atomic E-state index is 0.00453. The Bertz CT molecular complexity index is 1010. The van der Waals surface area contributed by atoms with Crippen LogP contribution >= 0.6 is 15.9 Å². The van der Waals surface area contributed by atoms with E-state index in [0.717, 1.165) is 43.0 Å². The highest BCUT2D eigenvalue weighted by atomic mass is 79.9. The highest BCUT2D eigenvalue weighted by Crippen LogP contribution is 2.25. The fourth-order valence-electron chi connectivity index (χ4n) is 2.88. The molecule has 92 valence electrons. The van der Waals surface area contributed by atoms with Gasteiger partial charge in [0.25, 0.3) is 5.56 Å². The molecule has 1 N–H and O–H groups in total. The Morgan fingerprint density at radius 3 is 2.79 bits per heavy atom. The van der Waals surface area contributed by atoms with Crippen molar-refractivity contribution in [2.24, 2.45) is 0 Å². The van der Waals surface area contributed by atoms with Gasteiger partial charge in [0, 0.05) is 20.5 Å². The first-order valence-electron chi connectivity index (χ1n) is 6.19. The van der Waals surface area contributed by atoms with Crippen LogP contribution in [0.4, 0.5) is 0 Å². The van der Waals surface area contributed by atoms with Gasteiger partial charge in [-0.25, -0.2) is 0 Å². The van der Waals surface area contributed by atoms with E-state index in [4.69, 9.17) is 0 Å². The summed E-state index contributed by atoms with van der Waals surface area (Å²) >= 11 is 3.70. The molecule has 0 aliphatic heterocycles. The molecule has 0 spiro atoms. The fraction of sp³-hybridized carbons (Fsp3) is 0.0625. The molecule has 0 fully saturated rings. The van der Waals surface area contributed by atoms with Gasteiger partial charge in [0.2, 0.25) is 0 Å². The Kier molecular flexibility index (Phi) is 2.21. The van der Waals surface area contributed by atoms with E-state index in [2.05, 4.69) is 33.1 Å². The molecule has 2 aliphatic carbocycles. The van der Waals surface area contributed by atoms with Crippen molar-refractivity contribution in [3.8, 4) is 0 Å². The minimum Gasteiger partial charge on any atom is -0.321 e. The van der Waals surface area contributed by atoms with Crippen LogP contribution in [0.25, 0.3) is 10.6 Å². The predicted molar refractivity (Wildman–Crippen MR) is 79.2 cm³/mol. The Morgan fingerprint density at radius 1 is 1.16 bits per heavy atom. The van der Waals surface area contributed by atoms with E-state index in [-0.39, 0.29) is 5.56 Å². The van der Waals surface area contributed by atoms with E-state index >= 15 is 0 Å². The topological polar surface area (TPSA) is 32.9 Å². The molecular formula is C16H10BrNO. The van der Waals surface area contributed by atoms with Gasteiger partial charge >= 0.3 is 0 Å². The summed E-state index contributed by atoms with van der Waals surface area (Å²) in [6.07, 6.45) is 6.73. The van der Waals surface area contributed by atoms with Gasteiger partial charge in [-0.3, -0.25) is 4.79 Å². The summed E-state index contributed by atoms with van der Waals surface area (Å²) in [4.78, 5) is 15.2. The maximum atomic E-state index is 12.2. The van der Waals surface area contributed by atoms with Gasteiger partial charge in [-0.15, -0.1) is 0 Å². The van der Waals surface area contributed by atoms with E-state index in [1.807, 2.05) is 30.4 Å². The van der Waals surface area contributed by atoms with Gasteiger partial charge in [-0.05, 0) is 39.2 Å². The number of allylic oxidation sites excluding steroid dienone is 2. The highest BCUT2D eigenvalue weighted by Gasteiger charge is 2.17. The SMILES string of the molecule is O=c1[nH]c2c(c3c1=CC=CC3)C(Br)=c1ccccc1=2. The molecule has 19 heavy (non-hydrogen) atoms. The summed E-state index contributed by atoms with van der Waals surface area (Å²) in [6, 6.07) is 8.14. The second kappa shape index (κ2) is 3.81. The van der Waals surface area contributed by atoms with Crippen LogP contribution in [0.15, 0.2) is 41.2 Å². The lowest BCUT2D eigenvalue weighted by Crippen LogP contribution is -2.33. The van der Waals surface area contributed by atoms with E-state index in [1.54, 1.807) is 0 Å². The molecule has 2 aliphatic rings. The first-order chi connectivity index (χ1) is 9.27. The van der Waals surface area contributed by atoms with Gasteiger partial charge in [0.15, 0.2) is 0 Å². The second-order valence-electron chi connectivity index (χ2n) is 4.75. The molecule has 0 radical (unpaired) electrons. The van der Waals surface area contributed by atoms with E-state index in [1.165, 1.54) is 0 Å². The number of hydrogen-bond acceptors (Lipinski definition) is 1. The number of fused-ring (bicyclic) bond motifs is 4. The maximum Gasteiger partial charge on any atom is 0.256 e. The van der Waals surface area contributed by atoms with Crippen molar-refractivity contribution in [2.75, 3.05) is 0 Å². The lowest BCUT2D eigenvalue weighted by molar-refractivity contribution is 1.07. The molecule has 0 amide bonds. The number of halogens is 1. The van der Waals surface area contributed by atoms with Crippen LogP contribution in [-0.2, 0) is 6.42 Å². The number of rotatable bonds is 0. The Balaban J connectivity index is 2.37. The van der Waals surface area contributed by atoms with Gasteiger partial charge in [0.05, 0.1) is 5.35 Å². The second-order valence-corrected chi connectivity index (χ2v) is 5.55. The lowest BCUT2D eigenvalue weighted by atomic mass is 10.0. The molecule has 1 heterocycles. The molecule has 2 nitrogen and oxygen atoms in total. The lowest BCUT2D eigenvalue weighted by Gasteiger charge is -2.08. The number of aromatic nitrogens is 1. The molecule has 0 bridgehead atoms. The molecule has 1 aromatic carbocycles. The molecule has 0 saturated carbocycles. The van der Waals surface area contributed by atoms with Gasteiger partial charge in [0.1, 0.15) is 0 Å². The molecule has 0 unspecified atom stereocenters. The molecule has 0 atom stereocenters. The summed E-state index contributed by atoms with van der Waals surface area (Å²) in [7, 11) is 0. The van der Waals surface area contributed by atoms with Crippen LogP contribution in [-0.4, -0.2) is 4.98 Å². The molecule has 3 heteroatoms. The monoisotopic (exact) mass is 311 g/mol. The minimum atomic E-state index is -0.00453. The first-order valence-corrected chi connectivity index (χ1v) is 6.98. The number of pyridine rings is 1. The summed E-state index contributed by atoms with van der Waals surface area (Å²) in [5.41, 5.74) is 2.25. The Labute approximate surface area is 117 Å². The van der Waals surface area contributed by atoms with Crippen molar-refractivity contribution < 1.29 is 0 Å². The average molecular weight is 312 g/mol. The third kappa shape index (κ3) is 1.39. The summed E-state index contributed by atoms with van der Waals surface area (Å²) in [5, 5.41) is 3.97. The van der Waals surface area contributed by atoms with Crippen molar-refractivity contribution in [1.82, 2.24) is 4.98 Å². The third-order valence-electron chi connectivity index (χ3n) is 3.73. The highest BCUT2D eigenvalue weighted by molar-refractivity contribution is 9.15. The summed E-state index contributed by atoms with van der Waals surface area (Å²) in [6.45, 7) is 0. The molecule has 0 saturated heterocycles. The van der Waals surface area contributed by atoms with E-state index < -0.39 is 0 Å². The zero-order valence-corrected chi connectivity index (χ0v) is 11.6. The van der Waals surface area contributed by atoms with E-state index in [9.17, 15) is 4.79 Å². The Hall–Kier alpha value is -1.87. The van der Waals surface area contributed by atoms with Crippen molar-refractivity contribution in [3.63, 3.8) is 0 Å². The maximum absolute atomic E-state index is 12.2. The summed E-state index contributed by atoms with van der Waals surface area (Å²) in [5.74, 6) is 0. The average Bonchev–Trinajstić information content (AvgIpc) is 2.73. The van der Waals surface area contributed by atoms with Crippen LogP contribution in [0.5, 0.6) is 0 Å². The third-order valence-corrected chi connectivity index (χ3v) is 4.56.